The van der Waals surface area contributed by atoms with E-state index in [0.29, 0.717) is 27.4 Å². The highest BCUT2D eigenvalue weighted by molar-refractivity contribution is 6.43. The third-order valence-corrected chi connectivity index (χ3v) is 5.51. The van der Waals surface area contributed by atoms with Crippen LogP contribution >= 0.6 is 35.6 Å². The predicted octanol–water partition coefficient (Wildman–Crippen LogP) is 3.98. The summed E-state index contributed by atoms with van der Waals surface area (Å²) in [5.41, 5.74) is 6.48. The molecule has 0 bridgehead atoms. The molecule has 0 saturated carbocycles. The lowest BCUT2D eigenvalue weighted by Gasteiger charge is -2.24. The molecule has 1 unspecified atom stereocenters. The third-order valence-electron chi connectivity index (χ3n) is 4.70. The van der Waals surface area contributed by atoms with Crippen LogP contribution in [-0.2, 0) is 0 Å². The van der Waals surface area contributed by atoms with Gasteiger partial charge in [-0.1, -0.05) is 29.3 Å². The Morgan fingerprint density at radius 1 is 1.23 bits per heavy atom. The second kappa shape index (κ2) is 8.17. The molecule has 142 valence electrons. The molecule has 2 heterocycles. The fraction of sp³-hybridized carbons (Fsp3) is 0.444. The van der Waals surface area contributed by atoms with Gasteiger partial charge in [0.05, 0.1) is 15.7 Å². The van der Waals surface area contributed by atoms with E-state index in [9.17, 15) is 4.79 Å². The zero-order valence-corrected chi connectivity index (χ0v) is 17.2. The molecule has 1 aliphatic rings. The number of nitrogens with zero attached hydrogens (tertiary/aromatic N) is 3. The van der Waals surface area contributed by atoms with Crippen LogP contribution in [0.4, 0.5) is 5.82 Å². The van der Waals surface area contributed by atoms with Gasteiger partial charge in [0.2, 0.25) is 0 Å². The molecule has 5 nitrogen and oxygen atoms in total. The van der Waals surface area contributed by atoms with Crippen LogP contribution in [-0.4, -0.2) is 28.2 Å². The maximum Gasteiger partial charge on any atom is 0.260 e. The van der Waals surface area contributed by atoms with Crippen molar-refractivity contribution in [3.8, 4) is 5.69 Å². The number of halogens is 3. The number of hydrogen-bond acceptors (Lipinski definition) is 4. The second-order valence-corrected chi connectivity index (χ2v) is 7.69. The van der Waals surface area contributed by atoms with Crippen molar-refractivity contribution in [2.75, 3.05) is 18.0 Å². The van der Waals surface area contributed by atoms with Crippen molar-refractivity contribution >= 4 is 41.4 Å². The Morgan fingerprint density at radius 2 is 1.96 bits per heavy atom. The summed E-state index contributed by atoms with van der Waals surface area (Å²) >= 11 is 12.3. The summed E-state index contributed by atoms with van der Waals surface area (Å²) in [4.78, 5) is 19.5. The van der Waals surface area contributed by atoms with E-state index in [4.69, 9.17) is 28.9 Å². The molecule has 8 heteroatoms. The van der Waals surface area contributed by atoms with Crippen molar-refractivity contribution in [1.82, 2.24) is 9.55 Å². The Bertz CT molecular complexity index is 851. The molecule has 1 aromatic heterocycles. The summed E-state index contributed by atoms with van der Waals surface area (Å²) < 4.78 is 1.49. The Balaban J connectivity index is 0.00000243. The molecule has 26 heavy (non-hydrogen) atoms. The van der Waals surface area contributed by atoms with E-state index in [1.54, 1.807) is 31.2 Å². The van der Waals surface area contributed by atoms with Crippen LogP contribution in [0.5, 0.6) is 0 Å². The Kier molecular flexibility index (Phi) is 6.61. The molecule has 1 saturated heterocycles. The first-order valence-corrected chi connectivity index (χ1v) is 9.13. The highest BCUT2D eigenvalue weighted by Crippen LogP contribution is 2.28. The van der Waals surface area contributed by atoms with Crippen LogP contribution in [0.25, 0.3) is 5.69 Å². The van der Waals surface area contributed by atoms with Gasteiger partial charge in [-0.05, 0) is 45.2 Å². The van der Waals surface area contributed by atoms with Crippen molar-refractivity contribution in [2.24, 2.45) is 5.73 Å². The van der Waals surface area contributed by atoms with Gasteiger partial charge in [0.25, 0.3) is 5.56 Å². The minimum Gasteiger partial charge on any atom is -0.356 e. The lowest BCUT2D eigenvalue weighted by atomic mass is 9.95. The minimum absolute atomic E-state index is 0. The number of hydrogen-bond donors (Lipinski definition) is 1. The average molecular weight is 418 g/mol. The zero-order valence-electron chi connectivity index (χ0n) is 14.8. The van der Waals surface area contributed by atoms with E-state index < -0.39 is 0 Å². The molecule has 1 fully saturated rings. The van der Waals surface area contributed by atoms with Gasteiger partial charge >= 0.3 is 0 Å². The predicted molar refractivity (Wildman–Crippen MR) is 110 cm³/mol. The number of aromatic nitrogens is 2. The minimum atomic E-state index is -0.175. The summed E-state index contributed by atoms with van der Waals surface area (Å²) in [5.74, 6) is 1.26. The molecule has 0 amide bonds. The summed E-state index contributed by atoms with van der Waals surface area (Å²) in [6.07, 6.45) is 2.82. The van der Waals surface area contributed by atoms with Gasteiger partial charge < -0.3 is 10.6 Å². The topological polar surface area (TPSA) is 64.2 Å². The molecule has 0 aliphatic carbocycles. The normalized spacial score (nSPS) is 20.4. The van der Waals surface area contributed by atoms with Crippen molar-refractivity contribution in [1.29, 1.82) is 0 Å². The smallest absolute Gasteiger partial charge is 0.260 e. The molecule has 0 spiro atoms. The van der Waals surface area contributed by atoms with Crippen LogP contribution in [0.1, 0.15) is 32.0 Å². The first kappa shape index (κ1) is 21.0. The van der Waals surface area contributed by atoms with Crippen molar-refractivity contribution in [3.63, 3.8) is 0 Å². The molecular weight excluding hydrogens is 395 g/mol. The monoisotopic (exact) mass is 416 g/mol. The maximum absolute atomic E-state index is 12.8. The molecule has 1 atom stereocenters. The first-order chi connectivity index (χ1) is 11.8. The number of rotatable bonds is 2. The van der Waals surface area contributed by atoms with E-state index >= 15 is 0 Å². The maximum atomic E-state index is 12.8. The van der Waals surface area contributed by atoms with Crippen molar-refractivity contribution in [2.45, 2.75) is 38.6 Å². The van der Waals surface area contributed by atoms with Gasteiger partial charge in [-0.25, -0.2) is 4.98 Å². The highest BCUT2D eigenvalue weighted by atomic mass is 35.5. The number of anilines is 1. The first-order valence-electron chi connectivity index (χ1n) is 8.37. The molecular formula is C18H23Cl3N4O. The van der Waals surface area contributed by atoms with Gasteiger partial charge in [0.1, 0.15) is 11.6 Å². The van der Waals surface area contributed by atoms with E-state index in [0.717, 1.165) is 32.4 Å². The van der Waals surface area contributed by atoms with Crippen LogP contribution in [0.3, 0.4) is 0 Å². The molecule has 1 aromatic carbocycles. The molecule has 3 rings (SSSR count). The summed E-state index contributed by atoms with van der Waals surface area (Å²) in [6.45, 7) is 5.52. The second-order valence-electron chi connectivity index (χ2n) is 6.90. The number of benzene rings is 1. The highest BCUT2D eigenvalue weighted by Gasteiger charge is 2.25. The van der Waals surface area contributed by atoms with Gasteiger partial charge in [0, 0.05) is 24.7 Å². The summed E-state index contributed by atoms with van der Waals surface area (Å²) in [6, 6.07) is 6.77. The Hall–Kier alpha value is -1.27. The molecule has 2 aromatic rings. The summed E-state index contributed by atoms with van der Waals surface area (Å²) in [7, 11) is 0. The van der Waals surface area contributed by atoms with Crippen molar-refractivity contribution < 1.29 is 0 Å². The van der Waals surface area contributed by atoms with Gasteiger partial charge in [0.15, 0.2) is 0 Å². The molecule has 1 aliphatic heterocycles. The SMILES string of the molecule is Cc1nc(N2CCCC(C)(N)CC2)cc(=O)n1-c1cccc(Cl)c1Cl.Cl. The third kappa shape index (κ3) is 4.34. The van der Waals surface area contributed by atoms with Gasteiger partial charge in [-0.15, -0.1) is 12.4 Å². The van der Waals surface area contributed by atoms with Gasteiger partial charge in [-0.3, -0.25) is 9.36 Å². The van der Waals surface area contributed by atoms with Crippen LogP contribution in [0.2, 0.25) is 10.0 Å². The van der Waals surface area contributed by atoms with Crippen LogP contribution in [0, 0.1) is 6.92 Å². The molecule has 2 N–H and O–H groups in total. The zero-order chi connectivity index (χ0) is 18.2. The average Bonchev–Trinajstić information content (AvgIpc) is 2.71. The van der Waals surface area contributed by atoms with Crippen LogP contribution < -0.4 is 16.2 Å². The lowest BCUT2D eigenvalue weighted by molar-refractivity contribution is 0.421. The largest absolute Gasteiger partial charge is 0.356 e. The summed E-state index contributed by atoms with van der Waals surface area (Å²) in [5, 5.41) is 0.752. The van der Waals surface area contributed by atoms with Gasteiger partial charge in [-0.2, -0.15) is 0 Å². The Labute approximate surface area is 169 Å². The van der Waals surface area contributed by atoms with Crippen molar-refractivity contribution in [3.05, 3.63) is 50.5 Å². The number of nitrogens with two attached hydrogens (primary N) is 1. The fourth-order valence-corrected chi connectivity index (χ4v) is 3.61. The van der Waals surface area contributed by atoms with E-state index in [1.807, 2.05) is 0 Å². The quantitative estimate of drug-likeness (QED) is 0.803. The van der Waals surface area contributed by atoms with Crippen LogP contribution in [0.15, 0.2) is 29.1 Å². The fourth-order valence-electron chi connectivity index (χ4n) is 3.23. The standard InChI is InChI=1S/C18H22Cl2N4O.ClH/c1-12-22-15(23-9-4-7-18(2,21)8-10-23)11-16(25)24(12)14-6-3-5-13(19)17(14)20;/h3,5-6,11H,4,7-10,21H2,1-2H3;1H. The van der Waals surface area contributed by atoms with E-state index in [1.165, 1.54) is 4.57 Å². The lowest BCUT2D eigenvalue weighted by Crippen LogP contribution is -2.37. The van der Waals surface area contributed by atoms with E-state index in [-0.39, 0.29) is 23.5 Å². The van der Waals surface area contributed by atoms with E-state index in [2.05, 4.69) is 16.8 Å². The number of aryl methyl sites for hydroxylation is 1. The Morgan fingerprint density at radius 3 is 2.65 bits per heavy atom. The molecule has 0 radical (unpaired) electrons.